The van der Waals surface area contributed by atoms with Crippen LogP contribution in [0.5, 0.6) is 0 Å². The monoisotopic (exact) mass is 303 g/mol. The van der Waals surface area contributed by atoms with Crippen molar-refractivity contribution in [3.05, 3.63) is 11.4 Å². The van der Waals surface area contributed by atoms with Crippen LogP contribution in [0.2, 0.25) is 0 Å². The Hall–Kier alpha value is -0.510. The molecular formula is C21H37N. The van der Waals surface area contributed by atoms with Gasteiger partial charge in [-0.2, -0.15) is 0 Å². The van der Waals surface area contributed by atoms with Gasteiger partial charge in [-0.15, -0.1) is 0 Å². The Labute approximate surface area is 139 Å². The molecule has 0 aromatic heterocycles. The zero-order chi connectivity index (χ0) is 15.8. The fraction of sp³-hybridized carbons (Fsp3) is 0.952. The molecule has 1 heteroatoms. The first-order chi connectivity index (χ1) is 10.7. The van der Waals surface area contributed by atoms with Crippen molar-refractivity contribution in [1.82, 2.24) is 0 Å². The zero-order valence-electron chi connectivity index (χ0n) is 15.0. The molecule has 126 valence electrons. The van der Waals surface area contributed by atoms with Crippen LogP contribution in [0.3, 0.4) is 0 Å². The average Bonchev–Trinajstić information content (AvgIpc) is 2.56. The summed E-state index contributed by atoms with van der Waals surface area (Å²) in [7, 11) is 0. The summed E-state index contributed by atoms with van der Waals surface area (Å²) in [5.74, 6) is 3.92. The lowest BCUT2D eigenvalue weighted by molar-refractivity contribution is 0.153. The summed E-state index contributed by atoms with van der Waals surface area (Å²) in [5.41, 5.74) is 0. The molecule has 0 saturated heterocycles. The molecule has 0 heterocycles. The highest BCUT2D eigenvalue weighted by Crippen LogP contribution is 2.42. The second-order valence-electron chi connectivity index (χ2n) is 8.32. The van der Waals surface area contributed by atoms with Gasteiger partial charge in [-0.3, -0.25) is 0 Å². The molecule has 0 bridgehead atoms. The Morgan fingerprint density at radius 1 is 0.909 bits per heavy atom. The number of rotatable bonds is 7. The molecule has 2 saturated carbocycles. The molecule has 0 radical (unpaired) electrons. The minimum Gasteiger partial charge on any atom is -0.314 e. The van der Waals surface area contributed by atoms with Crippen LogP contribution in [0.25, 0.3) is 4.85 Å². The van der Waals surface area contributed by atoms with Crippen LogP contribution in [-0.4, -0.2) is 6.04 Å². The molecule has 22 heavy (non-hydrogen) atoms. The highest BCUT2D eigenvalue weighted by Gasteiger charge is 2.32. The highest BCUT2D eigenvalue weighted by molar-refractivity contribution is 4.88. The Kier molecular flexibility index (Phi) is 7.77. The molecule has 0 spiro atoms. The van der Waals surface area contributed by atoms with Crippen molar-refractivity contribution in [2.45, 2.75) is 103 Å². The quantitative estimate of drug-likeness (QED) is 0.357. The third kappa shape index (κ3) is 5.60. The molecule has 0 N–H and O–H groups in total. The standard InChI is InChI=1S/C21H37N/c1-4-5-6-7-17(2)16-18-8-10-19(11-9-18)20-12-14-21(22-3)15-13-20/h17-21H,4-16H2,1-2H3. The van der Waals surface area contributed by atoms with Crippen LogP contribution in [0.1, 0.15) is 97.3 Å². The fourth-order valence-electron chi connectivity index (χ4n) is 5.03. The lowest BCUT2D eigenvalue weighted by Crippen LogP contribution is -2.27. The van der Waals surface area contributed by atoms with E-state index in [1.165, 1.54) is 83.5 Å². The second-order valence-corrected chi connectivity index (χ2v) is 8.32. The van der Waals surface area contributed by atoms with Gasteiger partial charge in [0.1, 0.15) is 0 Å². The molecule has 1 nitrogen and oxygen atoms in total. The molecule has 2 rings (SSSR count). The van der Waals surface area contributed by atoms with Crippen LogP contribution < -0.4 is 0 Å². The lowest BCUT2D eigenvalue weighted by Gasteiger charge is -2.36. The zero-order valence-corrected chi connectivity index (χ0v) is 15.0. The molecule has 2 aliphatic carbocycles. The first kappa shape index (κ1) is 17.8. The molecule has 0 aliphatic heterocycles. The highest BCUT2D eigenvalue weighted by atomic mass is 14.7. The fourth-order valence-corrected chi connectivity index (χ4v) is 5.03. The lowest BCUT2D eigenvalue weighted by atomic mass is 9.69. The Morgan fingerprint density at radius 3 is 2.05 bits per heavy atom. The summed E-state index contributed by atoms with van der Waals surface area (Å²) in [6.45, 7) is 12.0. The van der Waals surface area contributed by atoms with Crippen molar-refractivity contribution in [2.24, 2.45) is 23.7 Å². The Morgan fingerprint density at radius 2 is 1.50 bits per heavy atom. The molecule has 2 fully saturated rings. The molecule has 1 atom stereocenters. The minimum atomic E-state index is 0.358. The van der Waals surface area contributed by atoms with E-state index in [4.69, 9.17) is 6.57 Å². The van der Waals surface area contributed by atoms with Crippen molar-refractivity contribution in [2.75, 3.05) is 0 Å². The first-order valence-corrected chi connectivity index (χ1v) is 10.1. The SMILES string of the molecule is [C-]#[N+]C1CCC(C2CCC(CC(C)CCCCC)CC2)CC1. The topological polar surface area (TPSA) is 4.36 Å². The number of unbranched alkanes of at least 4 members (excludes halogenated alkanes) is 2. The third-order valence-electron chi connectivity index (χ3n) is 6.52. The minimum absolute atomic E-state index is 0.358. The van der Waals surface area contributed by atoms with Crippen molar-refractivity contribution < 1.29 is 0 Å². The van der Waals surface area contributed by atoms with Crippen LogP contribution in [-0.2, 0) is 0 Å². The van der Waals surface area contributed by atoms with E-state index in [-0.39, 0.29) is 0 Å². The van der Waals surface area contributed by atoms with E-state index < -0.39 is 0 Å². The predicted octanol–water partition coefficient (Wildman–Crippen LogP) is 6.88. The summed E-state index contributed by atoms with van der Waals surface area (Å²) < 4.78 is 0. The maximum Gasteiger partial charge on any atom is 0.223 e. The van der Waals surface area contributed by atoms with E-state index in [0.717, 1.165) is 23.7 Å². The Balaban J connectivity index is 1.62. The molecule has 1 unspecified atom stereocenters. The van der Waals surface area contributed by atoms with Gasteiger partial charge >= 0.3 is 0 Å². The summed E-state index contributed by atoms with van der Waals surface area (Å²) in [5, 5.41) is 0. The maximum absolute atomic E-state index is 7.18. The van der Waals surface area contributed by atoms with E-state index in [0.29, 0.717) is 6.04 Å². The van der Waals surface area contributed by atoms with E-state index in [1.807, 2.05) is 0 Å². The van der Waals surface area contributed by atoms with Gasteiger partial charge in [-0.25, -0.2) is 6.57 Å². The predicted molar refractivity (Wildman–Crippen MR) is 95.7 cm³/mol. The van der Waals surface area contributed by atoms with Gasteiger partial charge in [0.05, 0.1) is 0 Å². The molecule has 2 aliphatic rings. The maximum atomic E-state index is 7.18. The van der Waals surface area contributed by atoms with Gasteiger partial charge in [0.2, 0.25) is 6.04 Å². The summed E-state index contributed by atoms with van der Waals surface area (Å²) in [6.07, 6.45) is 18.2. The molecular weight excluding hydrogens is 266 g/mol. The van der Waals surface area contributed by atoms with Crippen LogP contribution in [0.4, 0.5) is 0 Å². The van der Waals surface area contributed by atoms with E-state index in [9.17, 15) is 0 Å². The first-order valence-electron chi connectivity index (χ1n) is 10.1. The number of hydrogen-bond donors (Lipinski definition) is 0. The second kappa shape index (κ2) is 9.59. The van der Waals surface area contributed by atoms with E-state index in [2.05, 4.69) is 18.7 Å². The van der Waals surface area contributed by atoms with Crippen LogP contribution >= 0.6 is 0 Å². The van der Waals surface area contributed by atoms with Gasteiger partial charge in [0.15, 0.2) is 0 Å². The average molecular weight is 304 g/mol. The number of hydrogen-bond acceptors (Lipinski definition) is 0. The summed E-state index contributed by atoms with van der Waals surface area (Å²) in [4.78, 5) is 3.75. The van der Waals surface area contributed by atoms with E-state index in [1.54, 1.807) is 0 Å². The Bertz CT molecular complexity index is 326. The van der Waals surface area contributed by atoms with Gasteiger partial charge in [-0.05, 0) is 55.8 Å². The largest absolute Gasteiger partial charge is 0.314 e. The van der Waals surface area contributed by atoms with Gasteiger partial charge in [0, 0.05) is 12.8 Å². The van der Waals surface area contributed by atoms with Crippen LogP contribution in [0.15, 0.2) is 0 Å². The molecule has 0 aromatic carbocycles. The van der Waals surface area contributed by atoms with Crippen molar-refractivity contribution in [1.29, 1.82) is 0 Å². The molecule has 0 aromatic rings. The molecule has 0 amide bonds. The third-order valence-corrected chi connectivity index (χ3v) is 6.52. The smallest absolute Gasteiger partial charge is 0.223 e. The van der Waals surface area contributed by atoms with Gasteiger partial charge in [0.25, 0.3) is 0 Å². The van der Waals surface area contributed by atoms with Crippen molar-refractivity contribution in [3.8, 4) is 0 Å². The normalized spacial score (nSPS) is 34.0. The van der Waals surface area contributed by atoms with Gasteiger partial charge in [-0.1, -0.05) is 52.4 Å². The van der Waals surface area contributed by atoms with E-state index >= 15 is 0 Å². The van der Waals surface area contributed by atoms with Crippen LogP contribution in [0, 0.1) is 30.2 Å². The number of nitrogens with zero attached hydrogens (tertiary/aromatic N) is 1. The van der Waals surface area contributed by atoms with Gasteiger partial charge < -0.3 is 4.85 Å². The summed E-state index contributed by atoms with van der Waals surface area (Å²) in [6, 6.07) is 0.358. The summed E-state index contributed by atoms with van der Waals surface area (Å²) >= 11 is 0. The van der Waals surface area contributed by atoms with Crippen molar-refractivity contribution in [3.63, 3.8) is 0 Å². The van der Waals surface area contributed by atoms with Crippen molar-refractivity contribution >= 4 is 0 Å².